The van der Waals surface area contributed by atoms with Gasteiger partial charge in [-0.1, -0.05) is 55.5 Å². The van der Waals surface area contributed by atoms with Crippen molar-refractivity contribution in [2.75, 3.05) is 11.4 Å². The number of thioether (sulfide) groups is 1. The molecule has 3 heteroatoms. The Hall–Kier alpha value is -2.44. The summed E-state index contributed by atoms with van der Waals surface area (Å²) in [7, 11) is 0. The molecular weight excluding hydrogens is 312 g/mol. The van der Waals surface area contributed by atoms with Crippen molar-refractivity contribution in [1.29, 1.82) is 5.26 Å². The van der Waals surface area contributed by atoms with E-state index in [-0.39, 0.29) is 0 Å². The van der Waals surface area contributed by atoms with Crippen LogP contribution in [0, 0.1) is 11.3 Å². The van der Waals surface area contributed by atoms with Crippen LogP contribution in [0.15, 0.2) is 83.9 Å². The minimum absolute atomic E-state index is 0.722. The Bertz CT molecular complexity index is 700. The molecule has 0 spiro atoms. The average molecular weight is 334 g/mol. The fraction of sp³-hybridized carbons (Fsp3) is 0.190. The van der Waals surface area contributed by atoms with Crippen molar-refractivity contribution >= 4 is 17.4 Å². The second-order valence-corrected chi connectivity index (χ2v) is 6.30. The van der Waals surface area contributed by atoms with Crippen LogP contribution in [-0.4, -0.2) is 6.54 Å². The van der Waals surface area contributed by atoms with E-state index in [1.54, 1.807) is 11.8 Å². The van der Waals surface area contributed by atoms with Crippen molar-refractivity contribution in [2.24, 2.45) is 0 Å². The Morgan fingerprint density at radius 1 is 1.08 bits per heavy atom. The third kappa shape index (κ3) is 5.98. The molecule has 0 unspecified atom stereocenters. The highest BCUT2D eigenvalue weighted by Crippen LogP contribution is 2.21. The molecule has 2 aromatic rings. The second kappa shape index (κ2) is 10.4. The highest BCUT2D eigenvalue weighted by Gasteiger charge is 2.00. The molecule has 0 aliphatic carbocycles. The molecule has 0 radical (unpaired) electrons. The molecule has 0 N–H and O–H groups in total. The molecule has 2 rings (SSSR count). The first-order valence-corrected chi connectivity index (χ1v) is 9.09. The summed E-state index contributed by atoms with van der Waals surface area (Å²) in [4.78, 5) is 2.92. The van der Waals surface area contributed by atoms with E-state index >= 15 is 0 Å². The first kappa shape index (κ1) is 17.9. The smallest absolute Gasteiger partial charge is 0.106 e. The van der Waals surface area contributed by atoms with Crippen molar-refractivity contribution in [1.82, 2.24) is 0 Å². The van der Waals surface area contributed by atoms with E-state index in [1.165, 1.54) is 11.3 Å². The van der Waals surface area contributed by atoms with Crippen LogP contribution in [0.3, 0.4) is 0 Å². The first-order valence-electron chi connectivity index (χ1n) is 8.10. The standard InChI is InChI=1S/C21H22N2S/c1-2-15-23(20-12-7-4-8-13-20)16-9-14-21(17-22)24-18-19-10-5-3-6-11-19/h3-14,16H,2,15,18H2,1H3/b16-9-,21-14-. The maximum absolute atomic E-state index is 9.30. The van der Waals surface area contributed by atoms with Crippen molar-refractivity contribution in [3.8, 4) is 6.07 Å². The number of anilines is 1. The monoisotopic (exact) mass is 334 g/mol. The fourth-order valence-electron chi connectivity index (χ4n) is 2.24. The molecule has 0 atom stereocenters. The lowest BCUT2D eigenvalue weighted by atomic mass is 10.2. The molecule has 0 fully saturated rings. The van der Waals surface area contributed by atoms with E-state index in [0.717, 1.165) is 23.6 Å². The van der Waals surface area contributed by atoms with Crippen LogP contribution < -0.4 is 4.90 Å². The summed E-state index contributed by atoms with van der Waals surface area (Å²) in [6.07, 6.45) is 6.95. The second-order valence-electron chi connectivity index (χ2n) is 5.29. The molecule has 0 saturated heterocycles. The summed E-state index contributed by atoms with van der Waals surface area (Å²) < 4.78 is 0. The summed E-state index contributed by atoms with van der Waals surface area (Å²) in [6.45, 7) is 3.11. The number of allylic oxidation sites excluding steroid dienone is 3. The number of nitriles is 1. The molecule has 0 saturated carbocycles. The Morgan fingerprint density at radius 3 is 2.38 bits per heavy atom. The largest absolute Gasteiger partial charge is 0.348 e. The number of benzene rings is 2. The van der Waals surface area contributed by atoms with Gasteiger partial charge in [0.1, 0.15) is 6.07 Å². The van der Waals surface area contributed by atoms with Crippen LogP contribution in [-0.2, 0) is 5.75 Å². The zero-order chi connectivity index (χ0) is 17.0. The van der Waals surface area contributed by atoms with Crippen molar-refractivity contribution in [3.05, 3.63) is 89.5 Å². The van der Waals surface area contributed by atoms with Crippen molar-refractivity contribution < 1.29 is 0 Å². The van der Waals surface area contributed by atoms with Gasteiger partial charge in [-0.05, 0) is 36.3 Å². The molecule has 0 bridgehead atoms. The zero-order valence-corrected chi connectivity index (χ0v) is 14.7. The Kier molecular flexibility index (Phi) is 7.73. The number of para-hydroxylation sites is 1. The van der Waals surface area contributed by atoms with Gasteiger partial charge in [-0.25, -0.2) is 0 Å². The maximum Gasteiger partial charge on any atom is 0.106 e. The van der Waals surface area contributed by atoms with E-state index in [2.05, 4.69) is 42.2 Å². The number of rotatable bonds is 8. The van der Waals surface area contributed by atoms with E-state index in [0.29, 0.717) is 0 Å². The van der Waals surface area contributed by atoms with Gasteiger partial charge in [0.25, 0.3) is 0 Å². The molecule has 122 valence electrons. The van der Waals surface area contributed by atoms with Crippen molar-refractivity contribution in [2.45, 2.75) is 19.1 Å². The summed E-state index contributed by atoms with van der Waals surface area (Å²) in [5.74, 6) is 0.811. The average Bonchev–Trinajstić information content (AvgIpc) is 2.65. The topological polar surface area (TPSA) is 27.0 Å². The minimum atomic E-state index is 0.722. The van der Waals surface area contributed by atoms with E-state index in [9.17, 15) is 5.26 Å². The predicted molar refractivity (Wildman–Crippen MR) is 105 cm³/mol. The Balaban J connectivity index is 1.99. The van der Waals surface area contributed by atoms with Crippen LogP contribution in [0.1, 0.15) is 18.9 Å². The number of hydrogen-bond acceptors (Lipinski definition) is 3. The third-order valence-electron chi connectivity index (χ3n) is 3.41. The third-order valence-corrected chi connectivity index (χ3v) is 4.43. The van der Waals surface area contributed by atoms with Crippen LogP contribution in [0.4, 0.5) is 5.69 Å². The van der Waals surface area contributed by atoms with Crippen LogP contribution in [0.25, 0.3) is 0 Å². The van der Waals surface area contributed by atoms with Crippen LogP contribution in [0.5, 0.6) is 0 Å². The van der Waals surface area contributed by atoms with E-state index in [4.69, 9.17) is 0 Å². The van der Waals surface area contributed by atoms with Crippen molar-refractivity contribution in [3.63, 3.8) is 0 Å². The quantitative estimate of drug-likeness (QED) is 0.454. The SMILES string of the molecule is CCCN(/C=C\C=C(\C#N)SCc1ccccc1)c1ccccc1. The molecule has 0 amide bonds. The van der Waals surface area contributed by atoms with Gasteiger partial charge in [-0.3, -0.25) is 0 Å². The fourth-order valence-corrected chi connectivity index (χ4v) is 2.99. The van der Waals surface area contributed by atoms with Gasteiger partial charge in [0.15, 0.2) is 0 Å². The molecule has 2 nitrogen and oxygen atoms in total. The van der Waals surface area contributed by atoms with Gasteiger partial charge < -0.3 is 4.90 Å². The molecule has 0 aliphatic heterocycles. The van der Waals surface area contributed by atoms with Gasteiger partial charge >= 0.3 is 0 Å². The van der Waals surface area contributed by atoms with Gasteiger partial charge in [0.2, 0.25) is 0 Å². The van der Waals surface area contributed by atoms with Gasteiger partial charge in [0, 0.05) is 24.2 Å². The number of hydrogen-bond donors (Lipinski definition) is 0. The van der Waals surface area contributed by atoms with Crippen LogP contribution >= 0.6 is 11.8 Å². The van der Waals surface area contributed by atoms with E-state index in [1.807, 2.05) is 54.8 Å². The van der Waals surface area contributed by atoms with Gasteiger partial charge in [-0.15, -0.1) is 11.8 Å². The Labute approximate surface area is 149 Å². The maximum atomic E-state index is 9.30. The minimum Gasteiger partial charge on any atom is -0.348 e. The summed E-state index contributed by atoms with van der Waals surface area (Å²) in [6, 6.07) is 22.8. The molecule has 2 aromatic carbocycles. The molecular formula is C21H22N2S. The summed E-state index contributed by atoms with van der Waals surface area (Å²) in [5, 5.41) is 9.30. The van der Waals surface area contributed by atoms with Crippen LogP contribution in [0.2, 0.25) is 0 Å². The highest BCUT2D eigenvalue weighted by atomic mass is 32.2. The van der Waals surface area contributed by atoms with Gasteiger partial charge in [0.05, 0.1) is 4.91 Å². The lowest BCUT2D eigenvalue weighted by Gasteiger charge is -2.19. The normalized spacial score (nSPS) is 11.4. The van der Waals surface area contributed by atoms with E-state index < -0.39 is 0 Å². The van der Waals surface area contributed by atoms with Gasteiger partial charge in [-0.2, -0.15) is 5.26 Å². The summed E-state index contributed by atoms with van der Waals surface area (Å²) in [5.41, 5.74) is 2.39. The molecule has 24 heavy (non-hydrogen) atoms. The lowest BCUT2D eigenvalue weighted by Crippen LogP contribution is -2.16. The Morgan fingerprint density at radius 2 is 1.75 bits per heavy atom. The summed E-state index contributed by atoms with van der Waals surface area (Å²) >= 11 is 1.57. The highest BCUT2D eigenvalue weighted by molar-refractivity contribution is 8.02. The molecule has 0 aromatic heterocycles. The zero-order valence-electron chi connectivity index (χ0n) is 13.9. The molecule has 0 aliphatic rings. The molecule has 0 heterocycles. The number of nitrogens with zero attached hydrogens (tertiary/aromatic N) is 2. The lowest BCUT2D eigenvalue weighted by molar-refractivity contribution is 0.880. The first-order chi connectivity index (χ1) is 11.8. The predicted octanol–water partition coefficient (Wildman–Crippen LogP) is 5.76.